The summed E-state index contributed by atoms with van der Waals surface area (Å²) in [6, 6.07) is 7.69. The van der Waals surface area contributed by atoms with Crippen molar-refractivity contribution >= 4 is 5.97 Å². The van der Waals surface area contributed by atoms with Gasteiger partial charge in [0.25, 0.3) is 0 Å². The maximum Gasteiger partial charge on any atom is 0.309 e. The first-order valence-electron chi connectivity index (χ1n) is 6.63. The van der Waals surface area contributed by atoms with Gasteiger partial charge in [0.05, 0.1) is 5.92 Å². The molecule has 2 rings (SSSR count). The third-order valence-electron chi connectivity index (χ3n) is 3.94. The number of aliphatic hydroxyl groups is 1. The summed E-state index contributed by atoms with van der Waals surface area (Å²) in [5.41, 5.74) is 0.710. The molecule has 1 aliphatic rings. The molecule has 0 heterocycles. The van der Waals surface area contributed by atoms with E-state index in [2.05, 4.69) is 0 Å². The van der Waals surface area contributed by atoms with Crippen LogP contribution >= 0.6 is 0 Å². The van der Waals surface area contributed by atoms with E-state index in [4.69, 9.17) is 0 Å². The lowest BCUT2D eigenvalue weighted by Gasteiger charge is -2.38. The molecular formula is C15H20O3. The molecule has 0 aliphatic heterocycles. The van der Waals surface area contributed by atoms with Crippen molar-refractivity contribution < 1.29 is 15.0 Å². The van der Waals surface area contributed by atoms with Gasteiger partial charge in [-0.25, -0.2) is 0 Å². The minimum Gasteiger partial charge on any atom is -0.481 e. The summed E-state index contributed by atoms with van der Waals surface area (Å²) in [5, 5.41) is 20.3. The molecule has 0 amide bonds. The van der Waals surface area contributed by atoms with E-state index >= 15 is 0 Å². The Morgan fingerprint density at radius 3 is 2.83 bits per heavy atom. The predicted molar refractivity (Wildman–Crippen MR) is 69.3 cm³/mol. The molecule has 1 aliphatic carbocycles. The Morgan fingerprint density at radius 2 is 2.17 bits per heavy atom. The molecule has 3 nitrogen and oxygen atoms in total. The van der Waals surface area contributed by atoms with Crippen molar-refractivity contribution in [2.24, 2.45) is 5.92 Å². The molecule has 0 bridgehead atoms. The SMILES string of the molecule is CCCC(C(=O)O)C1(O)CCCc2ccccc21. The molecule has 1 aromatic carbocycles. The van der Waals surface area contributed by atoms with E-state index in [1.807, 2.05) is 31.2 Å². The molecular weight excluding hydrogens is 228 g/mol. The van der Waals surface area contributed by atoms with Crippen LogP contribution in [-0.4, -0.2) is 16.2 Å². The number of carbonyl (C=O) groups is 1. The van der Waals surface area contributed by atoms with Crippen LogP contribution in [0.15, 0.2) is 24.3 Å². The molecule has 0 radical (unpaired) electrons. The van der Waals surface area contributed by atoms with E-state index in [1.54, 1.807) is 0 Å². The third kappa shape index (κ3) is 2.15. The third-order valence-corrected chi connectivity index (χ3v) is 3.94. The summed E-state index contributed by atoms with van der Waals surface area (Å²) < 4.78 is 0. The summed E-state index contributed by atoms with van der Waals surface area (Å²) in [6.45, 7) is 1.95. The molecule has 98 valence electrons. The molecule has 2 atom stereocenters. The number of hydrogen-bond donors (Lipinski definition) is 2. The quantitative estimate of drug-likeness (QED) is 0.861. The number of hydrogen-bond acceptors (Lipinski definition) is 2. The highest BCUT2D eigenvalue weighted by Crippen LogP contribution is 2.42. The molecule has 0 aromatic heterocycles. The van der Waals surface area contributed by atoms with Crippen LogP contribution in [-0.2, 0) is 16.8 Å². The Kier molecular flexibility index (Phi) is 3.71. The van der Waals surface area contributed by atoms with Crippen LogP contribution in [0.5, 0.6) is 0 Å². The average molecular weight is 248 g/mol. The van der Waals surface area contributed by atoms with Gasteiger partial charge in [-0.2, -0.15) is 0 Å². The van der Waals surface area contributed by atoms with E-state index in [0.29, 0.717) is 12.8 Å². The lowest BCUT2D eigenvalue weighted by molar-refractivity contribution is -0.155. The number of aryl methyl sites for hydroxylation is 1. The smallest absolute Gasteiger partial charge is 0.309 e. The number of fused-ring (bicyclic) bond motifs is 1. The summed E-state index contributed by atoms with van der Waals surface area (Å²) in [5.74, 6) is -1.60. The number of rotatable bonds is 4. The Balaban J connectivity index is 2.44. The van der Waals surface area contributed by atoms with Gasteiger partial charge in [0.2, 0.25) is 0 Å². The fourth-order valence-corrected chi connectivity index (χ4v) is 3.06. The van der Waals surface area contributed by atoms with Crippen LogP contribution in [0.25, 0.3) is 0 Å². The van der Waals surface area contributed by atoms with Gasteiger partial charge in [0, 0.05) is 0 Å². The average Bonchev–Trinajstić information content (AvgIpc) is 2.36. The second-order valence-electron chi connectivity index (χ2n) is 5.11. The second-order valence-corrected chi connectivity index (χ2v) is 5.11. The Hall–Kier alpha value is -1.35. The number of carboxylic acid groups (broad SMARTS) is 1. The highest BCUT2D eigenvalue weighted by atomic mass is 16.4. The van der Waals surface area contributed by atoms with Gasteiger partial charge in [-0.3, -0.25) is 4.79 Å². The highest BCUT2D eigenvalue weighted by Gasteiger charge is 2.44. The van der Waals surface area contributed by atoms with Crippen molar-refractivity contribution in [3.63, 3.8) is 0 Å². The van der Waals surface area contributed by atoms with Crippen LogP contribution in [0.3, 0.4) is 0 Å². The molecule has 2 unspecified atom stereocenters. The second kappa shape index (κ2) is 5.11. The maximum absolute atomic E-state index is 11.4. The van der Waals surface area contributed by atoms with Gasteiger partial charge in [-0.05, 0) is 36.8 Å². The van der Waals surface area contributed by atoms with E-state index in [1.165, 1.54) is 0 Å². The largest absolute Gasteiger partial charge is 0.481 e. The van der Waals surface area contributed by atoms with Gasteiger partial charge in [0.15, 0.2) is 0 Å². The fourth-order valence-electron chi connectivity index (χ4n) is 3.06. The topological polar surface area (TPSA) is 57.5 Å². The van der Waals surface area contributed by atoms with Crippen molar-refractivity contribution in [1.29, 1.82) is 0 Å². The standard InChI is InChI=1S/C15H20O3/c1-2-6-13(14(16)17)15(18)10-5-8-11-7-3-4-9-12(11)15/h3-4,7,9,13,18H,2,5-6,8,10H2,1H3,(H,16,17). The number of benzene rings is 1. The van der Waals surface area contributed by atoms with Gasteiger partial charge >= 0.3 is 5.97 Å². The van der Waals surface area contributed by atoms with Gasteiger partial charge in [0.1, 0.15) is 5.60 Å². The molecule has 1 aromatic rings. The Morgan fingerprint density at radius 1 is 1.44 bits per heavy atom. The lowest BCUT2D eigenvalue weighted by Crippen LogP contribution is -2.42. The Labute approximate surface area is 107 Å². The molecule has 0 fully saturated rings. The van der Waals surface area contributed by atoms with Crippen molar-refractivity contribution in [3.05, 3.63) is 35.4 Å². The number of aliphatic carboxylic acids is 1. The summed E-state index contributed by atoms with van der Waals surface area (Å²) >= 11 is 0. The van der Waals surface area contributed by atoms with Crippen LogP contribution in [0.2, 0.25) is 0 Å². The lowest BCUT2D eigenvalue weighted by atomic mass is 9.70. The number of carboxylic acids is 1. The molecule has 0 saturated carbocycles. The summed E-state index contributed by atoms with van der Waals surface area (Å²) in [6.07, 6.45) is 3.60. The monoisotopic (exact) mass is 248 g/mol. The fraction of sp³-hybridized carbons (Fsp3) is 0.533. The minimum atomic E-state index is -1.20. The van der Waals surface area contributed by atoms with Crippen molar-refractivity contribution in [1.82, 2.24) is 0 Å². The first-order valence-corrected chi connectivity index (χ1v) is 6.63. The molecule has 2 N–H and O–H groups in total. The van der Waals surface area contributed by atoms with Crippen LogP contribution in [0, 0.1) is 5.92 Å². The minimum absolute atomic E-state index is 0.514. The van der Waals surface area contributed by atoms with E-state index in [9.17, 15) is 15.0 Å². The molecule has 3 heteroatoms. The first-order chi connectivity index (χ1) is 8.59. The van der Waals surface area contributed by atoms with E-state index < -0.39 is 17.5 Å². The van der Waals surface area contributed by atoms with Crippen LogP contribution in [0.1, 0.15) is 43.7 Å². The zero-order chi connectivity index (χ0) is 13.2. The van der Waals surface area contributed by atoms with Crippen molar-refractivity contribution in [3.8, 4) is 0 Å². The molecule has 0 spiro atoms. The normalized spacial score (nSPS) is 24.3. The van der Waals surface area contributed by atoms with Crippen LogP contribution < -0.4 is 0 Å². The summed E-state index contributed by atoms with van der Waals surface area (Å²) in [4.78, 5) is 11.4. The van der Waals surface area contributed by atoms with Crippen LogP contribution in [0.4, 0.5) is 0 Å². The highest BCUT2D eigenvalue weighted by molar-refractivity contribution is 5.72. The van der Waals surface area contributed by atoms with Gasteiger partial charge in [-0.1, -0.05) is 37.6 Å². The zero-order valence-electron chi connectivity index (χ0n) is 10.7. The van der Waals surface area contributed by atoms with Gasteiger partial charge < -0.3 is 10.2 Å². The Bertz CT molecular complexity index is 441. The first kappa shape index (κ1) is 13.1. The van der Waals surface area contributed by atoms with E-state index in [-0.39, 0.29) is 0 Å². The predicted octanol–water partition coefficient (Wildman–Crippen LogP) is 2.71. The van der Waals surface area contributed by atoms with Crippen molar-refractivity contribution in [2.45, 2.75) is 44.6 Å². The van der Waals surface area contributed by atoms with Gasteiger partial charge in [-0.15, -0.1) is 0 Å². The molecule has 0 saturated heterocycles. The zero-order valence-corrected chi connectivity index (χ0v) is 10.7. The van der Waals surface area contributed by atoms with E-state index in [0.717, 1.165) is 30.4 Å². The van der Waals surface area contributed by atoms with Crippen molar-refractivity contribution in [2.75, 3.05) is 0 Å². The maximum atomic E-state index is 11.4. The molecule has 18 heavy (non-hydrogen) atoms. The summed E-state index contributed by atoms with van der Waals surface area (Å²) in [7, 11) is 0.